The third kappa shape index (κ3) is 4.70. The molecule has 0 saturated heterocycles. The highest BCUT2D eigenvalue weighted by Crippen LogP contribution is 2.53. The van der Waals surface area contributed by atoms with E-state index >= 15 is 8.78 Å². The zero-order valence-electron chi connectivity index (χ0n) is 22.7. The summed E-state index contributed by atoms with van der Waals surface area (Å²) in [6, 6.07) is 4.93. The summed E-state index contributed by atoms with van der Waals surface area (Å²) < 4.78 is 79.2. The van der Waals surface area contributed by atoms with Crippen molar-refractivity contribution in [1.29, 1.82) is 0 Å². The Morgan fingerprint density at radius 3 is 2.19 bits per heavy atom. The predicted octanol–water partition coefficient (Wildman–Crippen LogP) is 6.12. The monoisotopic (exact) mass is 587 g/mol. The Labute approximate surface area is 239 Å². The van der Waals surface area contributed by atoms with Gasteiger partial charge in [0.1, 0.15) is 17.9 Å². The van der Waals surface area contributed by atoms with Crippen molar-refractivity contribution < 1.29 is 36.3 Å². The first-order chi connectivity index (χ1) is 20.0. The van der Waals surface area contributed by atoms with E-state index in [4.69, 9.17) is 4.42 Å². The van der Waals surface area contributed by atoms with Crippen LogP contribution in [0.5, 0.6) is 0 Å². The molecule has 11 heteroatoms. The highest BCUT2D eigenvalue weighted by atomic mass is 19.4. The zero-order chi connectivity index (χ0) is 29.4. The summed E-state index contributed by atoms with van der Waals surface area (Å²) >= 11 is 0. The summed E-state index contributed by atoms with van der Waals surface area (Å²) in [5, 5.41) is 11.8. The second-order valence-corrected chi connectivity index (χ2v) is 12.3. The molecule has 3 aromatic rings. The summed E-state index contributed by atoms with van der Waals surface area (Å²) in [4.78, 5) is 21.5. The number of nitrogens with zero attached hydrogens (tertiary/aromatic N) is 3. The van der Waals surface area contributed by atoms with Gasteiger partial charge in [0.2, 0.25) is 11.5 Å². The van der Waals surface area contributed by atoms with E-state index in [-0.39, 0.29) is 29.6 Å². The number of alkyl halides is 3. The Hall–Kier alpha value is -3.31. The minimum Gasteiger partial charge on any atom is -0.445 e. The summed E-state index contributed by atoms with van der Waals surface area (Å²) in [6.45, 7) is 2.09. The quantitative estimate of drug-likeness (QED) is 0.306. The average molecular weight is 588 g/mol. The van der Waals surface area contributed by atoms with E-state index < -0.39 is 46.0 Å². The van der Waals surface area contributed by atoms with Crippen LogP contribution in [0.4, 0.5) is 27.6 Å². The fraction of sp³-hybridized carbons (Fsp3) is 0.484. The summed E-state index contributed by atoms with van der Waals surface area (Å²) in [5.41, 5.74) is -6.96. The third-order valence-corrected chi connectivity index (χ3v) is 9.18. The standard InChI is InChI=1S/C31H30F5N3O3/c32-23-2-1-3-24(33)27(23)30(41)26-22(31(34,35)36)12-20(28-37-8-9-42-28)13-25(26)39(29(30)40)16-19-10-21(11-19)38(14-17-4-5-17)15-18-6-7-18/h1-3,8-9,12-13,17-19,21,41H,4-7,10-11,14-16H2. The van der Waals surface area contributed by atoms with Crippen molar-refractivity contribution in [2.24, 2.45) is 17.8 Å². The van der Waals surface area contributed by atoms with Gasteiger partial charge in [-0.3, -0.25) is 9.69 Å². The van der Waals surface area contributed by atoms with Crippen LogP contribution < -0.4 is 4.90 Å². The van der Waals surface area contributed by atoms with E-state index in [2.05, 4.69) is 9.88 Å². The molecule has 0 bridgehead atoms. The highest BCUT2D eigenvalue weighted by molar-refractivity contribution is 6.10. The van der Waals surface area contributed by atoms with Crippen LogP contribution in [0.15, 0.2) is 47.2 Å². The molecule has 2 heterocycles. The SMILES string of the molecule is O=C1N(CC2CC(N(CC3CC3)CC3CC3)C2)c2cc(-c3ncco3)cc(C(F)(F)F)c2C1(O)c1c(F)cccc1F. The number of benzene rings is 2. The first-order valence-corrected chi connectivity index (χ1v) is 14.4. The second kappa shape index (κ2) is 9.87. The van der Waals surface area contributed by atoms with E-state index in [1.165, 1.54) is 44.2 Å². The van der Waals surface area contributed by atoms with Crippen molar-refractivity contribution in [3.8, 4) is 11.5 Å². The predicted molar refractivity (Wildman–Crippen MR) is 142 cm³/mol. The van der Waals surface area contributed by atoms with Crippen LogP contribution in [0.1, 0.15) is 55.2 Å². The van der Waals surface area contributed by atoms with Crippen molar-refractivity contribution >= 4 is 11.6 Å². The number of halogens is 5. The Kier molecular flexibility index (Phi) is 6.47. The summed E-state index contributed by atoms with van der Waals surface area (Å²) in [7, 11) is 0. The lowest BCUT2D eigenvalue weighted by Crippen LogP contribution is -2.51. The fourth-order valence-electron chi connectivity index (χ4n) is 6.64. The number of carbonyl (C=O) groups excluding carboxylic acids is 1. The molecule has 1 atom stereocenters. The van der Waals surface area contributed by atoms with Gasteiger partial charge in [0, 0.05) is 36.8 Å². The molecule has 42 heavy (non-hydrogen) atoms. The summed E-state index contributed by atoms with van der Waals surface area (Å²) in [5.74, 6) is -2.59. The van der Waals surface area contributed by atoms with E-state index in [1.807, 2.05) is 0 Å². The maximum Gasteiger partial charge on any atom is 0.416 e. The molecule has 0 spiro atoms. The lowest BCUT2D eigenvalue weighted by atomic mass is 9.78. The first kappa shape index (κ1) is 27.5. The Morgan fingerprint density at radius 2 is 1.64 bits per heavy atom. The minimum atomic E-state index is -5.08. The Balaban J connectivity index is 1.28. The lowest BCUT2D eigenvalue weighted by molar-refractivity contribution is -0.142. The number of aliphatic hydroxyl groups is 1. The normalized spacial score (nSPS) is 25.7. The number of amides is 1. The number of oxazole rings is 1. The Bertz CT molecular complexity index is 1480. The lowest BCUT2D eigenvalue weighted by Gasteiger charge is -2.44. The first-order valence-electron chi connectivity index (χ1n) is 14.4. The van der Waals surface area contributed by atoms with Gasteiger partial charge in [0.25, 0.3) is 5.91 Å². The van der Waals surface area contributed by atoms with Crippen molar-refractivity contribution in [2.45, 2.75) is 56.3 Å². The molecule has 1 amide bonds. The van der Waals surface area contributed by atoms with Crippen LogP contribution in [0.3, 0.4) is 0 Å². The van der Waals surface area contributed by atoms with Crippen LogP contribution >= 0.6 is 0 Å². The maximum absolute atomic E-state index is 15.1. The Morgan fingerprint density at radius 1 is 1.00 bits per heavy atom. The topological polar surface area (TPSA) is 69.8 Å². The van der Waals surface area contributed by atoms with Crippen molar-refractivity contribution in [1.82, 2.24) is 9.88 Å². The van der Waals surface area contributed by atoms with Crippen molar-refractivity contribution in [3.05, 3.63) is 71.1 Å². The molecule has 2 aromatic carbocycles. The number of anilines is 1. The van der Waals surface area contributed by atoms with E-state index in [1.54, 1.807) is 0 Å². The molecule has 222 valence electrons. The van der Waals surface area contributed by atoms with Gasteiger partial charge in [-0.25, -0.2) is 13.8 Å². The summed E-state index contributed by atoms with van der Waals surface area (Å²) in [6.07, 6.45) is 3.82. The fourth-order valence-corrected chi connectivity index (χ4v) is 6.64. The maximum atomic E-state index is 15.1. The third-order valence-electron chi connectivity index (χ3n) is 9.18. The van der Waals surface area contributed by atoms with Crippen LogP contribution in [0, 0.1) is 29.4 Å². The molecule has 6 nitrogen and oxygen atoms in total. The van der Waals surface area contributed by atoms with E-state index in [9.17, 15) is 23.1 Å². The van der Waals surface area contributed by atoms with E-state index in [0.29, 0.717) is 12.1 Å². The average Bonchev–Trinajstić information content (AvgIpc) is 3.84. The van der Waals surface area contributed by atoms with Crippen LogP contribution in [-0.2, 0) is 16.6 Å². The van der Waals surface area contributed by atoms with Gasteiger partial charge < -0.3 is 14.4 Å². The van der Waals surface area contributed by atoms with Crippen molar-refractivity contribution in [3.63, 3.8) is 0 Å². The number of hydrogen-bond donors (Lipinski definition) is 1. The molecule has 1 aliphatic heterocycles. The molecular formula is C31H30F5N3O3. The number of rotatable bonds is 9. The smallest absolute Gasteiger partial charge is 0.416 e. The van der Waals surface area contributed by atoms with Crippen LogP contribution in [-0.4, -0.2) is 46.6 Å². The van der Waals surface area contributed by atoms with Crippen LogP contribution in [0.2, 0.25) is 0 Å². The second-order valence-electron chi connectivity index (χ2n) is 12.3. The molecule has 1 unspecified atom stereocenters. The van der Waals surface area contributed by atoms with Gasteiger partial charge in [-0.05, 0) is 80.5 Å². The highest BCUT2D eigenvalue weighted by Gasteiger charge is 2.58. The van der Waals surface area contributed by atoms with Gasteiger partial charge in [0.15, 0.2) is 0 Å². The van der Waals surface area contributed by atoms with Crippen molar-refractivity contribution in [2.75, 3.05) is 24.5 Å². The van der Waals surface area contributed by atoms with Gasteiger partial charge in [0.05, 0.1) is 23.0 Å². The zero-order valence-corrected chi connectivity index (χ0v) is 22.7. The molecule has 0 radical (unpaired) electrons. The largest absolute Gasteiger partial charge is 0.445 e. The molecule has 1 N–H and O–H groups in total. The molecule has 3 aliphatic carbocycles. The van der Waals surface area contributed by atoms with Gasteiger partial charge >= 0.3 is 6.18 Å². The molecular weight excluding hydrogens is 557 g/mol. The molecule has 3 saturated carbocycles. The van der Waals surface area contributed by atoms with Gasteiger partial charge in [-0.2, -0.15) is 13.2 Å². The molecule has 4 aliphatic rings. The number of carbonyl (C=O) groups is 1. The molecule has 1 aromatic heterocycles. The van der Waals surface area contributed by atoms with Gasteiger partial charge in [-0.15, -0.1) is 0 Å². The molecule has 7 rings (SSSR count). The van der Waals surface area contributed by atoms with E-state index in [0.717, 1.165) is 60.9 Å². The minimum absolute atomic E-state index is 0.00768. The number of fused-ring (bicyclic) bond motifs is 1. The number of hydrogen-bond acceptors (Lipinski definition) is 5. The number of aromatic nitrogens is 1. The molecule has 3 fully saturated rings. The van der Waals surface area contributed by atoms with Crippen LogP contribution in [0.25, 0.3) is 11.5 Å². The van der Waals surface area contributed by atoms with Gasteiger partial charge in [-0.1, -0.05) is 6.07 Å².